The number of nitrogens with zero attached hydrogens (tertiary/aromatic N) is 2. The zero-order valence-corrected chi connectivity index (χ0v) is 19.8. The Kier molecular flexibility index (Phi) is 7.02. The second kappa shape index (κ2) is 10.1. The number of nitrogens with one attached hydrogen (secondary N) is 1. The van der Waals surface area contributed by atoms with Crippen molar-refractivity contribution in [2.45, 2.75) is 27.0 Å². The van der Waals surface area contributed by atoms with Gasteiger partial charge in [-0.15, -0.1) is 0 Å². The minimum absolute atomic E-state index is 0.297. The second-order valence-electron chi connectivity index (χ2n) is 7.83. The van der Waals surface area contributed by atoms with Gasteiger partial charge in [0, 0.05) is 16.8 Å². The van der Waals surface area contributed by atoms with E-state index in [1.807, 2.05) is 68.4 Å². The number of rotatable bonds is 7. The average Bonchev–Trinajstić information content (AvgIpc) is 3.14. The largest absolute Gasteiger partial charge is 0.489 e. The minimum atomic E-state index is -0.298. The van der Waals surface area contributed by atoms with E-state index < -0.39 is 0 Å². The Bertz CT molecular complexity index is 1300. The van der Waals surface area contributed by atoms with Gasteiger partial charge in [-0.2, -0.15) is 5.10 Å². The normalized spacial score (nSPS) is 10.8. The van der Waals surface area contributed by atoms with Gasteiger partial charge in [-0.1, -0.05) is 65.7 Å². The summed E-state index contributed by atoms with van der Waals surface area (Å²) in [5.74, 6) is 0.833. The van der Waals surface area contributed by atoms with Crippen LogP contribution in [0, 0.1) is 13.8 Å². The molecule has 1 aromatic heterocycles. The van der Waals surface area contributed by atoms with Crippen LogP contribution in [0.15, 0.2) is 72.9 Å². The first-order chi connectivity index (χ1) is 15.9. The van der Waals surface area contributed by atoms with Crippen LogP contribution in [-0.2, 0) is 13.2 Å². The van der Waals surface area contributed by atoms with Crippen LogP contribution in [0.2, 0.25) is 10.0 Å². The van der Waals surface area contributed by atoms with Crippen molar-refractivity contribution in [2.24, 2.45) is 0 Å². The molecule has 0 aliphatic carbocycles. The van der Waals surface area contributed by atoms with Crippen molar-refractivity contribution >= 4 is 34.9 Å². The molecule has 0 saturated carbocycles. The van der Waals surface area contributed by atoms with Crippen LogP contribution in [-0.4, -0.2) is 15.7 Å². The van der Waals surface area contributed by atoms with Crippen molar-refractivity contribution < 1.29 is 9.53 Å². The maximum atomic E-state index is 12.8. The fraction of sp³-hybridized carbons (Fsp3) is 0.154. The van der Waals surface area contributed by atoms with Crippen molar-refractivity contribution in [2.75, 3.05) is 5.32 Å². The third-order valence-electron chi connectivity index (χ3n) is 5.17. The lowest BCUT2D eigenvalue weighted by Crippen LogP contribution is -2.13. The van der Waals surface area contributed by atoms with Gasteiger partial charge in [-0.3, -0.25) is 9.48 Å². The number of aryl methyl sites for hydroxylation is 2. The Balaban J connectivity index is 1.43. The van der Waals surface area contributed by atoms with Gasteiger partial charge in [0.1, 0.15) is 17.4 Å². The molecular formula is C26H23Cl2N3O2. The highest BCUT2D eigenvalue weighted by Gasteiger charge is 2.14. The summed E-state index contributed by atoms with van der Waals surface area (Å²) in [4.78, 5) is 12.8. The molecule has 0 unspecified atom stereocenters. The highest BCUT2D eigenvalue weighted by atomic mass is 35.5. The van der Waals surface area contributed by atoms with E-state index >= 15 is 0 Å². The lowest BCUT2D eigenvalue weighted by Gasteiger charge is -2.11. The van der Waals surface area contributed by atoms with Crippen LogP contribution in [0.4, 0.5) is 5.82 Å². The lowest BCUT2D eigenvalue weighted by molar-refractivity contribution is 0.102. The molecule has 1 amide bonds. The quantitative estimate of drug-likeness (QED) is 0.321. The van der Waals surface area contributed by atoms with Crippen molar-refractivity contribution in [3.05, 3.63) is 111 Å². The minimum Gasteiger partial charge on any atom is -0.489 e. The Morgan fingerprint density at radius 2 is 1.82 bits per heavy atom. The van der Waals surface area contributed by atoms with E-state index in [1.165, 1.54) is 0 Å². The summed E-state index contributed by atoms with van der Waals surface area (Å²) in [5, 5.41) is 8.19. The molecular weight excluding hydrogens is 457 g/mol. The maximum Gasteiger partial charge on any atom is 0.256 e. The molecule has 1 N–H and O–H groups in total. The van der Waals surface area contributed by atoms with Crippen molar-refractivity contribution in [1.29, 1.82) is 0 Å². The lowest BCUT2D eigenvalue weighted by atomic mass is 10.1. The molecule has 0 bridgehead atoms. The average molecular weight is 480 g/mol. The molecule has 1 heterocycles. The number of ether oxygens (including phenoxy) is 1. The van der Waals surface area contributed by atoms with Crippen LogP contribution in [0.3, 0.4) is 0 Å². The van der Waals surface area contributed by atoms with Gasteiger partial charge in [0.25, 0.3) is 5.91 Å². The number of aromatic nitrogens is 2. The predicted molar refractivity (Wildman–Crippen MR) is 132 cm³/mol. The van der Waals surface area contributed by atoms with E-state index in [-0.39, 0.29) is 5.91 Å². The zero-order valence-electron chi connectivity index (χ0n) is 18.3. The summed E-state index contributed by atoms with van der Waals surface area (Å²) in [6, 6.07) is 20.9. The van der Waals surface area contributed by atoms with Crippen LogP contribution in [0.5, 0.6) is 5.75 Å². The highest BCUT2D eigenvalue weighted by molar-refractivity contribution is 6.33. The molecule has 4 rings (SSSR count). The molecule has 168 valence electrons. The van der Waals surface area contributed by atoms with Gasteiger partial charge in [0.2, 0.25) is 0 Å². The van der Waals surface area contributed by atoms with Crippen LogP contribution < -0.4 is 10.1 Å². The first-order valence-corrected chi connectivity index (χ1v) is 11.2. The van der Waals surface area contributed by atoms with E-state index in [0.29, 0.717) is 34.6 Å². The topological polar surface area (TPSA) is 56.1 Å². The third-order valence-corrected chi connectivity index (χ3v) is 5.81. The molecule has 0 atom stereocenters. The Labute approximate surface area is 202 Å². The number of anilines is 1. The first kappa shape index (κ1) is 22.9. The van der Waals surface area contributed by atoms with E-state index in [2.05, 4.69) is 10.4 Å². The molecule has 0 fully saturated rings. The Morgan fingerprint density at radius 3 is 2.64 bits per heavy atom. The second-order valence-corrected chi connectivity index (χ2v) is 8.64. The number of amides is 1. The zero-order chi connectivity index (χ0) is 23.4. The van der Waals surface area contributed by atoms with Gasteiger partial charge in [0.15, 0.2) is 5.82 Å². The van der Waals surface area contributed by atoms with Gasteiger partial charge >= 0.3 is 0 Å². The number of hydrogen-bond acceptors (Lipinski definition) is 3. The number of carbonyl (C=O) groups is 1. The smallest absolute Gasteiger partial charge is 0.256 e. The van der Waals surface area contributed by atoms with Crippen LogP contribution in [0.1, 0.15) is 32.6 Å². The van der Waals surface area contributed by atoms with Crippen molar-refractivity contribution in [1.82, 2.24) is 9.78 Å². The molecule has 0 saturated heterocycles. The molecule has 0 aliphatic heterocycles. The SMILES string of the molecule is Cc1ccc(C)c(OCc2cccc(C(=O)Nc3nn(Cc4ccccc4Cl)cc3Cl)c2)c1. The molecule has 0 spiro atoms. The Morgan fingerprint density at radius 1 is 1.00 bits per heavy atom. The van der Waals surface area contributed by atoms with E-state index in [1.54, 1.807) is 23.0 Å². The fourth-order valence-electron chi connectivity index (χ4n) is 3.37. The fourth-order valence-corrected chi connectivity index (χ4v) is 3.76. The molecule has 3 aromatic carbocycles. The summed E-state index contributed by atoms with van der Waals surface area (Å²) in [6.07, 6.45) is 1.66. The molecule has 5 nitrogen and oxygen atoms in total. The van der Waals surface area contributed by atoms with Gasteiger partial charge in [0.05, 0.1) is 6.54 Å². The van der Waals surface area contributed by atoms with Crippen LogP contribution >= 0.6 is 23.2 Å². The van der Waals surface area contributed by atoms with Crippen molar-refractivity contribution in [3.63, 3.8) is 0 Å². The van der Waals surface area contributed by atoms with Gasteiger partial charge in [-0.05, 0) is 60.4 Å². The van der Waals surface area contributed by atoms with E-state index in [4.69, 9.17) is 27.9 Å². The van der Waals surface area contributed by atoms with Gasteiger partial charge in [-0.25, -0.2) is 0 Å². The molecule has 33 heavy (non-hydrogen) atoms. The van der Waals surface area contributed by atoms with E-state index in [0.717, 1.165) is 28.0 Å². The molecule has 0 aliphatic rings. The standard InChI is InChI=1S/C26H23Cl2N3O2/c1-17-10-11-18(2)24(12-17)33-16-19-6-5-8-20(13-19)26(32)29-25-23(28)15-31(30-25)14-21-7-3-4-9-22(21)27/h3-13,15H,14,16H2,1-2H3,(H,29,30,32). The number of carbonyl (C=O) groups excluding carboxylic acids is 1. The number of halogens is 2. The summed E-state index contributed by atoms with van der Waals surface area (Å²) in [7, 11) is 0. The first-order valence-electron chi connectivity index (χ1n) is 10.5. The molecule has 7 heteroatoms. The summed E-state index contributed by atoms with van der Waals surface area (Å²) in [5.41, 5.74) is 4.49. The molecule has 0 radical (unpaired) electrons. The molecule has 4 aromatic rings. The van der Waals surface area contributed by atoms with Crippen molar-refractivity contribution in [3.8, 4) is 5.75 Å². The predicted octanol–water partition coefficient (Wildman–Crippen LogP) is 6.69. The number of hydrogen-bond donors (Lipinski definition) is 1. The highest BCUT2D eigenvalue weighted by Crippen LogP contribution is 2.23. The third kappa shape index (κ3) is 5.75. The summed E-state index contributed by atoms with van der Waals surface area (Å²) < 4.78 is 7.61. The van der Waals surface area contributed by atoms with E-state index in [9.17, 15) is 4.79 Å². The number of benzene rings is 3. The summed E-state index contributed by atoms with van der Waals surface area (Å²) >= 11 is 12.5. The van der Waals surface area contributed by atoms with Gasteiger partial charge < -0.3 is 10.1 Å². The van der Waals surface area contributed by atoms with Crippen LogP contribution in [0.25, 0.3) is 0 Å². The Hall–Kier alpha value is -3.28. The maximum absolute atomic E-state index is 12.8. The summed E-state index contributed by atoms with van der Waals surface area (Å²) in [6.45, 7) is 4.84. The monoisotopic (exact) mass is 479 g/mol.